The molecule has 0 spiro atoms. The molecule has 0 aliphatic carbocycles. The van der Waals surface area contributed by atoms with Crippen molar-refractivity contribution in [2.75, 3.05) is 31.1 Å². The number of hydrogen-bond donors (Lipinski definition) is 1. The van der Waals surface area contributed by atoms with Gasteiger partial charge in [-0.1, -0.05) is 0 Å². The molecule has 1 aromatic carbocycles. The van der Waals surface area contributed by atoms with Crippen LogP contribution in [0.4, 0.5) is 5.82 Å². The van der Waals surface area contributed by atoms with Gasteiger partial charge in [0, 0.05) is 49.4 Å². The molecule has 2 unspecified atom stereocenters. The number of amides is 1. The van der Waals surface area contributed by atoms with Crippen LogP contribution in [0.5, 0.6) is 0 Å². The molecule has 6 rings (SSSR count). The summed E-state index contributed by atoms with van der Waals surface area (Å²) >= 11 is 0. The second kappa shape index (κ2) is 9.04. The Hall–Kier alpha value is -3.75. The fraction of sp³-hybridized carbons (Fsp3) is 0.444. The van der Waals surface area contributed by atoms with Crippen LogP contribution >= 0.6 is 0 Å². The molecule has 9 nitrogen and oxygen atoms in total. The Bertz CT molecular complexity index is 1450. The molecule has 1 amide bonds. The minimum absolute atomic E-state index is 0.0264. The van der Waals surface area contributed by atoms with Gasteiger partial charge in [-0.15, -0.1) is 0 Å². The van der Waals surface area contributed by atoms with Gasteiger partial charge in [-0.2, -0.15) is 10.2 Å². The van der Waals surface area contributed by atoms with Crippen molar-refractivity contribution in [2.45, 2.75) is 45.6 Å². The van der Waals surface area contributed by atoms with Crippen LogP contribution in [0.15, 0.2) is 35.6 Å². The van der Waals surface area contributed by atoms with Crippen molar-refractivity contribution in [3.05, 3.63) is 53.0 Å². The van der Waals surface area contributed by atoms with Crippen molar-refractivity contribution in [2.24, 2.45) is 10.9 Å². The second-order valence-corrected chi connectivity index (χ2v) is 10.3. The molecule has 0 saturated carbocycles. The zero-order chi connectivity index (χ0) is 24.8. The van der Waals surface area contributed by atoms with Crippen LogP contribution in [-0.4, -0.2) is 68.5 Å². The number of hydrogen-bond acceptors (Lipinski definition) is 6. The number of aryl methyl sites for hydroxylation is 2. The number of piperidine rings is 1. The first-order valence-electron chi connectivity index (χ1n) is 12.8. The number of aliphatic imine (C=N–C) groups is 1. The monoisotopic (exact) mass is 484 g/mol. The predicted molar refractivity (Wildman–Crippen MR) is 141 cm³/mol. The van der Waals surface area contributed by atoms with Gasteiger partial charge in [0.15, 0.2) is 5.65 Å². The van der Waals surface area contributed by atoms with E-state index in [0.717, 1.165) is 84.5 Å². The number of aromatic amines is 1. The van der Waals surface area contributed by atoms with Gasteiger partial charge in [0.2, 0.25) is 0 Å². The zero-order valence-corrected chi connectivity index (χ0v) is 20.9. The Kier molecular flexibility index (Phi) is 5.70. The second-order valence-electron chi connectivity index (χ2n) is 10.3. The Labute approximate surface area is 210 Å². The average Bonchev–Trinajstić information content (AvgIpc) is 3.62. The van der Waals surface area contributed by atoms with Gasteiger partial charge in [0.1, 0.15) is 5.82 Å². The summed E-state index contributed by atoms with van der Waals surface area (Å²) in [6.45, 7) is 11.2. The Morgan fingerprint density at radius 1 is 1.19 bits per heavy atom. The summed E-state index contributed by atoms with van der Waals surface area (Å²) in [7, 11) is 0. The average molecular weight is 485 g/mol. The topological polar surface area (TPSA) is 94.8 Å². The van der Waals surface area contributed by atoms with Crippen molar-refractivity contribution in [3.8, 4) is 0 Å². The minimum Gasteiger partial charge on any atom is -0.356 e. The molecule has 4 aromatic rings. The van der Waals surface area contributed by atoms with Gasteiger partial charge in [0.05, 0.1) is 29.0 Å². The maximum absolute atomic E-state index is 13.8. The van der Waals surface area contributed by atoms with Crippen molar-refractivity contribution in [3.63, 3.8) is 0 Å². The lowest BCUT2D eigenvalue weighted by Crippen LogP contribution is -2.38. The van der Waals surface area contributed by atoms with E-state index in [1.54, 1.807) is 6.20 Å². The summed E-state index contributed by atoms with van der Waals surface area (Å²) < 4.78 is 1.87. The highest BCUT2D eigenvalue weighted by atomic mass is 16.2. The van der Waals surface area contributed by atoms with Crippen LogP contribution in [0, 0.1) is 19.8 Å². The summed E-state index contributed by atoms with van der Waals surface area (Å²) in [5, 5.41) is 13.1. The molecule has 2 fully saturated rings. The molecule has 1 N–H and O–H groups in total. The van der Waals surface area contributed by atoms with Gasteiger partial charge < -0.3 is 14.8 Å². The number of rotatable bonds is 5. The lowest BCUT2D eigenvalue weighted by molar-refractivity contribution is 0.0607. The smallest absolute Gasteiger partial charge is 0.256 e. The van der Waals surface area contributed by atoms with E-state index in [2.05, 4.69) is 46.0 Å². The molecule has 0 bridgehead atoms. The largest absolute Gasteiger partial charge is 0.356 e. The highest BCUT2D eigenvalue weighted by molar-refractivity contribution is 6.05. The van der Waals surface area contributed by atoms with Crippen LogP contribution in [0.2, 0.25) is 0 Å². The van der Waals surface area contributed by atoms with E-state index in [9.17, 15) is 4.79 Å². The number of likely N-dealkylation sites (tertiary alicyclic amines) is 1. The predicted octanol–water partition coefficient (Wildman–Crippen LogP) is 4.12. The van der Waals surface area contributed by atoms with Crippen molar-refractivity contribution in [1.82, 2.24) is 29.7 Å². The fourth-order valence-corrected chi connectivity index (χ4v) is 5.87. The Morgan fingerprint density at radius 3 is 2.94 bits per heavy atom. The van der Waals surface area contributed by atoms with Gasteiger partial charge in [-0.05, 0) is 69.9 Å². The van der Waals surface area contributed by atoms with E-state index in [1.165, 1.54) is 0 Å². The van der Waals surface area contributed by atoms with Gasteiger partial charge >= 0.3 is 0 Å². The first kappa shape index (κ1) is 22.7. The first-order chi connectivity index (χ1) is 17.5. The zero-order valence-electron chi connectivity index (χ0n) is 20.9. The number of anilines is 1. The summed E-state index contributed by atoms with van der Waals surface area (Å²) in [6.07, 6.45) is 7.89. The molecular formula is C27H32N8O. The Balaban J connectivity index is 1.32. The number of nitrogens with zero attached hydrogens (tertiary/aromatic N) is 7. The number of carbonyl (C=O) groups is 1. The molecule has 2 saturated heterocycles. The summed E-state index contributed by atoms with van der Waals surface area (Å²) in [4.78, 5) is 27.3. The van der Waals surface area contributed by atoms with Gasteiger partial charge in [0.25, 0.3) is 5.91 Å². The van der Waals surface area contributed by atoms with E-state index < -0.39 is 0 Å². The van der Waals surface area contributed by atoms with Crippen LogP contribution in [0.3, 0.4) is 0 Å². The number of aromatic nitrogens is 5. The standard InChI is InChI=1S/C27H32N8O/c1-17-10-20-14-29-31-25(20)21(11-17)27(36)34-8-5-4-6-23(34)22-12-24-30-26(18(2)15-35(24)32-22)33-9-7-19(16-33)13-28-3/h10-12,14-15,19,23H,3-9,13,16H2,1-2H3,(H,29,31). The van der Waals surface area contributed by atoms with Crippen LogP contribution in [0.1, 0.15) is 58.9 Å². The molecular weight excluding hydrogens is 452 g/mol. The summed E-state index contributed by atoms with van der Waals surface area (Å²) in [5.41, 5.74) is 5.33. The third-order valence-corrected chi connectivity index (χ3v) is 7.63. The molecule has 2 atom stereocenters. The molecule has 3 aromatic heterocycles. The van der Waals surface area contributed by atoms with E-state index in [1.807, 2.05) is 28.5 Å². The molecule has 2 aliphatic rings. The quantitative estimate of drug-likeness (QED) is 0.430. The third kappa shape index (κ3) is 3.92. The third-order valence-electron chi connectivity index (χ3n) is 7.63. The van der Waals surface area contributed by atoms with Crippen LogP contribution in [0.25, 0.3) is 16.6 Å². The number of benzene rings is 1. The van der Waals surface area contributed by atoms with Crippen LogP contribution < -0.4 is 4.90 Å². The van der Waals surface area contributed by atoms with E-state index in [4.69, 9.17) is 10.1 Å². The highest BCUT2D eigenvalue weighted by Gasteiger charge is 2.32. The lowest BCUT2D eigenvalue weighted by Gasteiger charge is -2.35. The fourth-order valence-electron chi connectivity index (χ4n) is 5.87. The lowest BCUT2D eigenvalue weighted by atomic mass is 9.97. The number of fused-ring (bicyclic) bond motifs is 2. The maximum Gasteiger partial charge on any atom is 0.256 e. The molecule has 36 heavy (non-hydrogen) atoms. The van der Waals surface area contributed by atoms with Crippen molar-refractivity contribution in [1.29, 1.82) is 0 Å². The molecule has 2 aliphatic heterocycles. The minimum atomic E-state index is -0.0787. The summed E-state index contributed by atoms with van der Waals surface area (Å²) in [5.74, 6) is 1.57. The van der Waals surface area contributed by atoms with Gasteiger partial charge in [-0.3, -0.25) is 9.89 Å². The number of carbonyl (C=O) groups excluding carboxylic acids is 1. The Morgan fingerprint density at radius 2 is 2.08 bits per heavy atom. The molecule has 186 valence electrons. The maximum atomic E-state index is 13.8. The number of H-pyrrole nitrogens is 1. The van der Waals surface area contributed by atoms with E-state index in [0.29, 0.717) is 18.0 Å². The van der Waals surface area contributed by atoms with Crippen LogP contribution in [-0.2, 0) is 0 Å². The molecule has 0 radical (unpaired) electrons. The first-order valence-corrected chi connectivity index (χ1v) is 12.8. The van der Waals surface area contributed by atoms with E-state index >= 15 is 0 Å². The highest BCUT2D eigenvalue weighted by Crippen LogP contribution is 2.34. The number of nitrogens with one attached hydrogen (secondary N) is 1. The van der Waals surface area contributed by atoms with Crippen molar-refractivity contribution >= 4 is 35.0 Å². The normalized spacial score (nSPS) is 20.5. The molecule has 5 heterocycles. The van der Waals surface area contributed by atoms with Crippen molar-refractivity contribution < 1.29 is 4.79 Å². The molecule has 9 heteroatoms. The SMILES string of the molecule is C=NCC1CCN(c2nc3cc(C4CCCCN4C(=O)c4cc(C)cc5cn[nH]c45)nn3cc2C)C1. The van der Waals surface area contributed by atoms with Gasteiger partial charge in [-0.25, -0.2) is 9.50 Å². The van der Waals surface area contributed by atoms with E-state index in [-0.39, 0.29) is 11.9 Å². The summed E-state index contributed by atoms with van der Waals surface area (Å²) in [6, 6.07) is 5.98.